The van der Waals surface area contributed by atoms with E-state index >= 15 is 0 Å². The topological polar surface area (TPSA) is 0 Å². The summed E-state index contributed by atoms with van der Waals surface area (Å²) >= 11 is -3.62. The van der Waals surface area contributed by atoms with Crippen LogP contribution < -0.4 is 0 Å². The Morgan fingerprint density at radius 3 is 1.66 bits per heavy atom. The summed E-state index contributed by atoms with van der Waals surface area (Å²) in [6, 6.07) is 34.5. The number of hydrogen-bond acceptors (Lipinski definition) is 0. The molecule has 0 fully saturated rings. The molecule has 2 unspecified atom stereocenters. The van der Waals surface area contributed by atoms with Crippen molar-refractivity contribution in [2.75, 3.05) is 0 Å². The monoisotopic (exact) mass is 716 g/mol. The summed E-state index contributed by atoms with van der Waals surface area (Å²) in [7, 11) is 0. The van der Waals surface area contributed by atoms with Gasteiger partial charge in [-0.1, -0.05) is 0 Å². The average molecular weight is 719 g/mol. The van der Waals surface area contributed by atoms with Crippen molar-refractivity contribution < 1.29 is 17.4 Å². The van der Waals surface area contributed by atoms with E-state index in [2.05, 4.69) is 161 Å². The molecule has 0 N–H and O–H groups in total. The molecular formula is C40H48Cl2SiZr. The Morgan fingerprint density at radius 1 is 0.636 bits per heavy atom. The maximum absolute atomic E-state index is 3.62. The number of allylic oxidation sites excluding steroid dienone is 2. The summed E-state index contributed by atoms with van der Waals surface area (Å²) in [4.78, 5) is 0. The standard InChI is InChI=1S/C20H21.C18H17.2CH3.2ClH.H2Si.Zr/c1-14-12-16-6-5-7-18(19(16)13-14)15-8-10-17(11-9-15)20(2,3)4;1-13(2)16-11-15-9-6-10-17(18(15)12-16)14-7-4-3-5-8-14;;;;;;/h5-13H,1-4H3;3-13H,1-2H3;2*1H3;2*1H;1H2;. The van der Waals surface area contributed by atoms with Crippen LogP contribution in [0.3, 0.4) is 0 Å². The van der Waals surface area contributed by atoms with Crippen LogP contribution in [0.2, 0.25) is 9.26 Å². The normalized spacial score (nSPS) is 17.7. The Morgan fingerprint density at radius 2 is 1.14 bits per heavy atom. The first-order chi connectivity index (χ1) is 19.8. The largest absolute Gasteiger partial charge is 0.147 e. The quantitative estimate of drug-likeness (QED) is 0.180. The number of hydrogen-bond donors (Lipinski definition) is 0. The second-order valence-corrected chi connectivity index (χ2v) is 45.8. The first-order valence-electron chi connectivity index (χ1n) is 15.7. The molecule has 4 aromatic rings. The molecule has 44 heavy (non-hydrogen) atoms. The maximum Gasteiger partial charge on any atom is -0.147 e. The fraction of sp³-hybridized carbons (Fsp3) is 0.300. The van der Waals surface area contributed by atoms with Gasteiger partial charge in [0.05, 0.1) is 0 Å². The third-order valence-electron chi connectivity index (χ3n) is 10.1. The number of fused-ring (bicyclic) bond motifs is 2. The summed E-state index contributed by atoms with van der Waals surface area (Å²) in [5.74, 6) is 0.515. The zero-order valence-electron chi connectivity index (χ0n) is 27.6. The minimum atomic E-state index is -3.62. The predicted octanol–water partition coefficient (Wildman–Crippen LogP) is 11.7. The van der Waals surface area contributed by atoms with Crippen molar-refractivity contribution in [3.63, 3.8) is 0 Å². The van der Waals surface area contributed by atoms with Crippen molar-refractivity contribution in [3.05, 3.63) is 130 Å². The smallest absolute Gasteiger partial charge is 0.147 e. The summed E-state index contributed by atoms with van der Waals surface area (Å²) in [5.41, 5.74) is 16.2. The molecule has 0 heterocycles. The molecule has 0 amide bonds. The van der Waals surface area contributed by atoms with Crippen molar-refractivity contribution in [2.45, 2.75) is 63.5 Å². The van der Waals surface area contributed by atoms with Gasteiger partial charge in [0.1, 0.15) is 0 Å². The van der Waals surface area contributed by atoms with Gasteiger partial charge in [0, 0.05) is 0 Å². The minimum Gasteiger partial charge on any atom is -0.147 e. The summed E-state index contributed by atoms with van der Waals surface area (Å²) < 4.78 is 6.56. The van der Waals surface area contributed by atoms with Crippen LogP contribution in [0.1, 0.15) is 76.6 Å². The second kappa shape index (κ2) is 12.3. The maximum atomic E-state index is 2.76. The summed E-state index contributed by atoms with van der Waals surface area (Å²) in [6.45, 7) is 16.6. The van der Waals surface area contributed by atoms with Crippen molar-refractivity contribution in [3.8, 4) is 22.3 Å². The van der Waals surface area contributed by atoms with Crippen LogP contribution in [0.4, 0.5) is 0 Å². The van der Waals surface area contributed by atoms with Crippen LogP contribution >= 0.6 is 24.8 Å². The van der Waals surface area contributed by atoms with Gasteiger partial charge in [0.15, 0.2) is 0 Å². The van der Waals surface area contributed by atoms with Gasteiger partial charge in [-0.25, -0.2) is 0 Å². The minimum absolute atomic E-state index is 0. The molecule has 2 aliphatic rings. The van der Waals surface area contributed by atoms with E-state index in [1.165, 1.54) is 38.9 Å². The van der Waals surface area contributed by atoms with Crippen molar-refractivity contribution in [1.82, 2.24) is 0 Å². The van der Waals surface area contributed by atoms with Crippen molar-refractivity contribution in [1.29, 1.82) is 0 Å². The molecule has 4 heteroatoms. The van der Waals surface area contributed by atoms with E-state index < -0.39 is 17.4 Å². The van der Waals surface area contributed by atoms with Gasteiger partial charge >= 0.3 is 258 Å². The molecule has 0 saturated carbocycles. The van der Waals surface area contributed by atoms with E-state index in [1.807, 2.05) is 0 Å². The van der Waals surface area contributed by atoms with Gasteiger partial charge in [-0.2, -0.15) is 0 Å². The molecule has 0 aromatic heterocycles. The summed E-state index contributed by atoms with van der Waals surface area (Å²) in [5, 5.41) is 0. The van der Waals surface area contributed by atoms with Gasteiger partial charge in [-0.15, -0.1) is 24.8 Å². The molecule has 2 atom stereocenters. The van der Waals surface area contributed by atoms with Crippen LogP contribution in [-0.4, -0.2) is 6.88 Å². The third-order valence-corrected chi connectivity index (χ3v) is 27.7. The molecule has 2 aliphatic carbocycles. The van der Waals surface area contributed by atoms with E-state index in [1.54, 1.807) is 22.3 Å². The molecule has 0 aliphatic heterocycles. The van der Waals surface area contributed by atoms with E-state index in [0.717, 1.165) is 0 Å². The molecule has 0 spiro atoms. The average Bonchev–Trinajstić information content (AvgIpc) is 3.52. The molecule has 0 radical (unpaired) electrons. The van der Waals surface area contributed by atoms with Gasteiger partial charge in [0.25, 0.3) is 0 Å². The van der Waals surface area contributed by atoms with Gasteiger partial charge in [-0.3, -0.25) is 0 Å². The number of benzene rings is 4. The molecule has 0 saturated heterocycles. The number of halogens is 2. The van der Waals surface area contributed by atoms with Gasteiger partial charge in [-0.05, 0) is 0 Å². The van der Waals surface area contributed by atoms with Crippen molar-refractivity contribution >= 4 is 43.8 Å². The number of rotatable bonds is 5. The molecule has 0 nitrogen and oxygen atoms in total. The van der Waals surface area contributed by atoms with E-state index in [-0.39, 0.29) is 30.2 Å². The van der Waals surface area contributed by atoms with Crippen LogP contribution in [-0.2, 0) is 22.8 Å². The Hall–Kier alpha value is -1.96. The van der Waals surface area contributed by atoms with Crippen molar-refractivity contribution in [2.24, 2.45) is 5.92 Å². The predicted molar refractivity (Wildman–Crippen MR) is 199 cm³/mol. The first kappa shape index (κ1) is 34.9. The second-order valence-electron chi connectivity index (χ2n) is 15.3. The van der Waals surface area contributed by atoms with Crippen LogP contribution in [0.5, 0.6) is 0 Å². The zero-order chi connectivity index (χ0) is 30.1. The molecule has 6 rings (SSSR count). The molecule has 0 bridgehead atoms. The third kappa shape index (κ3) is 5.86. The van der Waals surface area contributed by atoms with Crippen LogP contribution in [0.15, 0.2) is 102 Å². The Kier molecular flexibility index (Phi) is 9.78. The van der Waals surface area contributed by atoms with E-state index in [9.17, 15) is 0 Å². The molecule has 230 valence electrons. The van der Waals surface area contributed by atoms with Gasteiger partial charge < -0.3 is 0 Å². The Labute approximate surface area is 280 Å². The Balaban J connectivity index is 0.00000221. The summed E-state index contributed by atoms with van der Waals surface area (Å²) in [6.07, 6.45) is 5.12. The fourth-order valence-electron chi connectivity index (χ4n) is 8.23. The fourth-order valence-corrected chi connectivity index (χ4v) is 28.8. The Bertz CT molecular complexity index is 1820. The van der Waals surface area contributed by atoms with E-state index in [4.69, 9.17) is 0 Å². The molecular weight excluding hydrogens is 671 g/mol. The first-order valence-corrected chi connectivity index (χ1v) is 29.3. The van der Waals surface area contributed by atoms with Crippen LogP contribution in [0, 0.1) is 5.92 Å². The van der Waals surface area contributed by atoms with Crippen LogP contribution in [0.25, 0.3) is 34.4 Å². The SMILES string of the molecule is CC1=Cc2c(-c3ccc(C(C)(C)C)cc3)cccc2[CH]1[Zr]([CH3])([CH3])(=[SiH2])[CH]1C(C(C)C)=Cc2c(-c3ccccc3)cccc21.Cl.Cl. The molecule has 4 aromatic carbocycles. The van der Waals surface area contributed by atoms with Gasteiger partial charge in [0.2, 0.25) is 0 Å². The zero-order valence-corrected chi connectivity index (χ0v) is 33.1. The van der Waals surface area contributed by atoms with E-state index in [0.29, 0.717) is 13.2 Å².